The van der Waals surface area contributed by atoms with Gasteiger partial charge in [0.05, 0.1) is 11.8 Å². The van der Waals surface area contributed by atoms with Crippen LogP contribution in [0.3, 0.4) is 0 Å². The molecule has 0 radical (unpaired) electrons. The van der Waals surface area contributed by atoms with Crippen molar-refractivity contribution in [3.05, 3.63) is 16.1 Å². The number of hydrogen-bond acceptors (Lipinski definition) is 5. The average molecular weight is 276 g/mol. The quantitative estimate of drug-likeness (QED) is 0.887. The highest BCUT2D eigenvalue weighted by atomic mass is 32.2. The van der Waals surface area contributed by atoms with E-state index in [2.05, 4.69) is 4.98 Å². The first-order valence-electron chi connectivity index (χ1n) is 5.10. The number of thiazole rings is 1. The Morgan fingerprint density at radius 1 is 1.65 bits per heavy atom. The van der Waals surface area contributed by atoms with Gasteiger partial charge in [-0.3, -0.25) is 0 Å². The van der Waals surface area contributed by atoms with Crippen LogP contribution in [-0.4, -0.2) is 41.1 Å². The van der Waals surface area contributed by atoms with Gasteiger partial charge < -0.3 is 5.11 Å². The van der Waals surface area contributed by atoms with Gasteiger partial charge in [0.1, 0.15) is 5.01 Å². The molecule has 1 aromatic rings. The second-order valence-electron chi connectivity index (χ2n) is 3.83. The number of carboxylic acids is 1. The Balaban J connectivity index is 2.25. The number of carbonyl (C=O) groups is 1. The molecule has 0 spiro atoms. The van der Waals surface area contributed by atoms with E-state index in [1.807, 2.05) is 0 Å². The van der Waals surface area contributed by atoms with E-state index in [4.69, 9.17) is 5.11 Å². The van der Waals surface area contributed by atoms with Gasteiger partial charge in [-0.15, -0.1) is 11.3 Å². The first-order valence-corrected chi connectivity index (χ1v) is 7.59. The molecule has 6 nitrogen and oxygen atoms in total. The van der Waals surface area contributed by atoms with E-state index >= 15 is 0 Å². The van der Waals surface area contributed by atoms with E-state index in [1.54, 1.807) is 6.92 Å². The van der Waals surface area contributed by atoms with Crippen LogP contribution in [0.15, 0.2) is 5.38 Å². The molecule has 1 aliphatic heterocycles. The van der Waals surface area contributed by atoms with Gasteiger partial charge in [-0.2, -0.15) is 4.31 Å². The summed E-state index contributed by atoms with van der Waals surface area (Å²) in [6.45, 7) is 2.21. The molecule has 0 bridgehead atoms. The maximum atomic E-state index is 11.7. The lowest BCUT2D eigenvalue weighted by Gasteiger charge is -2.20. The lowest BCUT2D eigenvalue weighted by Crippen LogP contribution is -2.28. The largest absolute Gasteiger partial charge is 0.476 e. The van der Waals surface area contributed by atoms with Crippen molar-refractivity contribution in [2.75, 3.05) is 12.3 Å². The third kappa shape index (κ3) is 2.33. The summed E-state index contributed by atoms with van der Waals surface area (Å²) in [5.41, 5.74) is -0.0338. The fraction of sp³-hybridized carbons (Fsp3) is 0.556. The number of carboxylic acid groups (broad SMARTS) is 1. The third-order valence-electron chi connectivity index (χ3n) is 2.67. The van der Waals surface area contributed by atoms with Crippen molar-refractivity contribution in [1.29, 1.82) is 0 Å². The maximum absolute atomic E-state index is 11.7. The molecule has 1 atom stereocenters. The fourth-order valence-corrected chi connectivity index (χ4v) is 4.44. The number of nitrogens with zero attached hydrogens (tertiary/aromatic N) is 2. The summed E-state index contributed by atoms with van der Waals surface area (Å²) in [6, 6.07) is -0.388. The summed E-state index contributed by atoms with van der Waals surface area (Å²) in [5, 5.41) is 10.7. The maximum Gasteiger partial charge on any atom is 0.355 e. The minimum absolute atomic E-state index is 0.0338. The van der Waals surface area contributed by atoms with Crippen LogP contribution in [-0.2, 0) is 10.0 Å². The predicted octanol–water partition coefficient (Wildman–Crippen LogP) is 0.938. The SMILES string of the molecule is CC(c1nc(C(=O)O)cs1)N1CCCS1(=O)=O. The molecule has 1 aromatic heterocycles. The molecule has 2 heterocycles. The zero-order valence-electron chi connectivity index (χ0n) is 9.16. The smallest absolute Gasteiger partial charge is 0.355 e. The Hall–Kier alpha value is -0.990. The summed E-state index contributed by atoms with van der Waals surface area (Å²) in [6.07, 6.45) is 0.615. The Labute approximate surface area is 103 Å². The summed E-state index contributed by atoms with van der Waals surface area (Å²) in [7, 11) is -3.19. The highest BCUT2D eigenvalue weighted by Crippen LogP contribution is 2.29. The van der Waals surface area contributed by atoms with E-state index in [0.717, 1.165) is 0 Å². The van der Waals surface area contributed by atoms with E-state index in [0.29, 0.717) is 18.0 Å². The summed E-state index contributed by atoms with van der Waals surface area (Å²) >= 11 is 1.18. The van der Waals surface area contributed by atoms with Crippen molar-refractivity contribution in [2.45, 2.75) is 19.4 Å². The van der Waals surface area contributed by atoms with Crippen LogP contribution in [0.1, 0.15) is 34.9 Å². The molecule has 17 heavy (non-hydrogen) atoms. The van der Waals surface area contributed by atoms with Gasteiger partial charge >= 0.3 is 5.97 Å². The molecule has 1 aliphatic rings. The molecule has 0 aromatic carbocycles. The van der Waals surface area contributed by atoms with E-state index in [1.165, 1.54) is 21.0 Å². The van der Waals surface area contributed by atoms with Gasteiger partial charge in [0.25, 0.3) is 0 Å². The standard InChI is InChI=1S/C9H12N2O4S2/c1-6(11-3-2-4-17(11,14)15)8-10-7(5-16-8)9(12)13/h5-6H,2-4H2,1H3,(H,12,13). The highest BCUT2D eigenvalue weighted by molar-refractivity contribution is 7.89. The zero-order chi connectivity index (χ0) is 12.6. The minimum Gasteiger partial charge on any atom is -0.476 e. The van der Waals surface area contributed by atoms with Crippen LogP contribution < -0.4 is 0 Å². The van der Waals surface area contributed by atoms with Gasteiger partial charge in [-0.05, 0) is 13.3 Å². The first-order chi connectivity index (χ1) is 7.92. The fourth-order valence-electron chi connectivity index (χ4n) is 1.79. The monoisotopic (exact) mass is 276 g/mol. The number of sulfonamides is 1. The topological polar surface area (TPSA) is 87.6 Å². The van der Waals surface area contributed by atoms with Crippen LogP contribution in [0.2, 0.25) is 0 Å². The van der Waals surface area contributed by atoms with Gasteiger partial charge in [-0.25, -0.2) is 18.2 Å². The van der Waals surface area contributed by atoms with Gasteiger partial charge in [-0.1, -0.05) is 0 Å². The Bertz CT molecular complexity index is 537. The molecule has 8 heteroatoms. The van der Waals surface area contributed by atoms with Crippen molar-refractivity contribution in [3.63, 3.8) is 0 Å². The number of aromatic nitrogens is 1. The highest BCUT2D eigenvalue weighted by Gasteiger charge is 2.34. The molecule has 94 valence electrons. The molecule has 0 amide bonds. The molecule has 1 unspecified atom stereocenters. The van der Waals surface area contributed by atoms with Crippen molar-refractivity contribution >= 4 is 27.3 Å². The Morgan fingerprint density at radius 2 is 2.35 bits per heavy atom. The Morgan fingerprint density at radius 3 is 2.82 bits per heavy atom. The molecule has 1 N–H and O–H groups in total. The molecular weight excluding hydrogens is 264 g/mol. The molecule has 1 fully saturated rings. The molecule has 1 saturated heterocycles. The van der Waals surface area contributed by atoms with E-state index < -0.39 is 16.0 Å². The first kappa shape index (κ1) is 12.5. The van der Waals surface area contributed by atoms with Gasteiger partial charge in [0.15, 0.2) is 5.69 Å². The molecule has 2 rings (SSSR count). The average Bonchev–Trinajstić information content (AvgIpc) is 2.82. The zero-order valence-corrected chi connectivity index (χ0v) is 10.8. The molecule has 0 saturated carbocycles. The van der Waals surface area contributed by atoms with Crippen molar-refractivity contribution in [1.82, 2.24) is 9.29 Å². The van der Waals surface area contributed by atoms with Gasteiger partial charge in [0.2, 0.25) is 10.0 Å². The number of aromatic carboxylic acids is 1. The second kappa shape index (κ2) is 4.35. The predicted molar refractivity (Wildman–Crippen MR) is 62.6 cm³/mol. The minimum atomic E-state index is -3.19. The normalized spacial score (nSPS) is 21.5. The van der Waals surface area contributed by atoms with Crippen molar-refractivity contribution in [3.8, 4) is 0 Å². The van der Waals surface area contributed by atoms with Crippen LogP contribution in [0.4, 0.5) is 0 Å². The number of rotatable bonds is 3. The Kier molecular flexibility index (Phi) is 3.19. The van der Waals surface area contributed by atoms with Crippen LogP contribution in [0.25, 0.3) is 0 Å². The van der Waals surface area contributed by atoms with Crippen LogP contribution >= 0.6 is 11.3 Å². The van der Waals surface area contributed by atoms with Gasteiger partial charge in [0, 0.05) is 11.9 Å². The van der Waals surface area contributed by atoms with Crippen molar-refractivity contribution < 1.29 is 18.3 Å². The van der Waals surface area contributed by atoms with Crippen molar-refractivity contribution in [2.24, 2.45) is 0 Å². The summed E-state index contributed by atoms with van der Waals surface area (Å²) < 4.78 is 24.8. The van der Waals surface area contributed by atoms with Crippen LogP contribution in [0, 0.1) is 0 Å². The second-order valence-corrected chi connectivity index (χ2v) is 6.76. The third-order valence-corrected chi connectivity index (χ3v) is 5.70. The van der Waals surface area contributed by atoms with E-state index in [9.17, 15) is 13.2 Å². The lowest BCUT2D eigenvalue weighted by molar-refractivity contribution is 0.0691. The number of hydrogen-bond donors (Lipinski definition) is 1. The van der Waals surface area contributed by atoms with E-state index in [-0.39, 0.29) is 17.5 Å². The summed E-state index contributed by atoms with van der Waals surface area (Å²) in [5.74, 6) is -0.932. The molecule has 0 aliphatic carbocycles. The molecular formula is C9H12N2O4S2. The summed E-state index contributed by atoms with van der Waals surface area (Å²) in [4.78, 5) is 14.6. The van der Waals surface area contributed by atoms with Crippen LogP contribution in [0.5, 0.6) is 0 Å². The lowest BCUT2D eigenvalue weighted by atomic mass is 10.3.